The summed E-state index contributed by atoms with van der Waals surface area (Å²) in [6.07, 6.45) is 4.79. The van der Waals surface area contributed by atoms with Crippen molar-refractivity contribution in [1.82, 2.24) is 15.3 Å². The lowest BCUT2D eigenvalue weighted by Crippen LogP contribution is -2.30. The molecule has 3 N–H and O–H groups in total. The van der Waals surface area contributed by atoms with Gasteiger partial charge >= 0.3 is 0 Å². The van der Waals surface area contributed by atoms with Crippen molar-refractivity contribution in [2.24, 2.45) is 0 Å². The van der Waals surface area contributed by atoms with Gasteiger partial charge < -0.3 is 16.0 Å². The van der Waals surface area contributed by atoms with Crippen molar-refractivity contribution in [3.05, 3.63) is 131 Å². The van der Waals surface area contributed by atoms with Crippen LogP contribution in [0.15, 0.2) is 119 Å². The minimum absolute atomic E-state index is 0.0627. The number of nitrogens with zero attached hydrogens (tertiary/aromatic N) is 2. The molecule has 0 unspecified atom stereocenters. The Morgan fingerprint density at radius 1 is 0.907 bits per heavy atom. The number of aryl methyl sites for hydroxylation is 1. The van der Waals surface area contributed by atoms with Gasteiger partial charge in [-0.05, 0) is 55.0 Å². The Labute approximate surface area is 257 Å². The van der Waals surface area contributed by atoms with Crippen molar-refractivity contribution < 1.29 is 14.4 Å². The topological polar surface area (TPSA) is 113 Å². The quantitative estimate of drug-likeness (QED) is 0.121. The first kappa shape index (κ1) is 29.4. The van der Waals surface area contributed by atoms with Crippen molar-refractivity contribution in [1.29, 1.82) is 0 Å². The van der Waals surface area contributed by atoms with Crippen molar-refractivity contribution in [2.75, 3.05) is 16.4 Å². The average Bonchev–Trinajstić information content (AvgIpc) is 3.49. The number of hydrogen-bond acceptors (Lipinski definition) is 7. The molecule has 0 saturated heterocycles. The molecule has 8 nitrogen and oxygen atoms in total. The summed E-state index contributed by atoms with van der Waals surface area (Å²) < 4.78 is 0. The molecule has 5 rings (SSSR count). The molecular formula is C33H27N5O3S2. The second kappa shape index (κ2) is 14.2. The molecule has 2 heterocycles. The van der Waals surface area contributed by atoms with Gasteiger partial charge in [0.05, 0.1) is 11.4 Å². The number of nitrogens with one attached hydrogen (secondary N) is 3. The number of thioether (sulfide) groups is 1. The third kappa shape index (κ3) is 8.48. The number of carbonyl (C=O) groups is 3. The van der Waals surface area contributed by atoms with Crippen LogP contribution in [-0.4, -0.2) is 33.4 Å². The number of anilines is 2. The number of carbonyl (C=O) groups excluding carboxylic acids is 3. The molecule has 43 heavy (non-hydrogen) atoms. The Bertz CT molecular complexity index is 1750. The number of aromatic nitrogens is 2. The van der Waals surface area contributed by atoms with Gasteiger partial charge in [-0.15, -0.1) is 23.1 Å². The molecule has 0 aliphatic carbocycles. The average molecular weight is 606 g/mol. The van der Waals surface area contributed by atoms with Crippen LogP contribution in [-0.2, 0) is 9.59 Å². The highest BCUT2D eigenvalue weighted by molar-refractivity contribution is 8.00. The van der Waals surface area contributed by atoms with Crippen molar-refractivity contribution in [2.45, 2.75) is 11.8 Å². The van der Waals surface area contributed by atoms with E-state index in [1.165, 1.54) is 28.7 Å². The fraction of sp³-hybridized carbons (Fsp3) is 0.0606. The molecule has 3 amide bonds. The van der Waals surface area contributed by atoms with Gasteiger partial charge in [0.15, 0.2) is 5.13 Å². The highest BCUT2D eigenvalue weighted by Gasteiger charge is 2.16. The number of thiazole rings is 1. The van der Waals surface area contributed by atoms with Crippen LogP contribution in [0.25, 0.3) is 17.3 Å². The molecule has 0 aliphatic rings. The molecule has 0 spiro atoms. The van der Waals surface area contributed by atoms with E-state index in [4.69, 9.17) is 0 Å². The van der Waals surface area contributed by atoms with E-state index in [2.05, 4.69) is 25.9 Å². The van der Waals surface area contributed by atoms with E-state index in [1.807, 2.05) is 48.7 Å². The lowest BCUT2D eigenvalue weighted by molar-refractivity contribution is -0.114. The first-order chi connectivity index (χ1) is 20.9. The van der Waals surface area contributed by atoms with Crippen LogP contribution in [0.5, 0.6) is 0 Å². The normalized spacial score (nSPS) is 11.0. The maximum atomic E-state index is 13.3. The maximum absolute atomic E-state index is 13.3. The summed E-state index contributed by atoms with van der Waals surface area (Å²) in [5.74, 6) is -0.931. The number of rotatable bonds is 10. The van der Waals surface area contributed by atoms with Gasteiger partial charge in [-0.2, -0.15) is 0 Å². The molecule has 0 radical (unpaired) electrons. The molecule has 0 aliphatic heterocycles. The van der Waals surface area contributed by atoms with Crippen LogP contribution in [0, 0.1) is 6.92 Å². The molecule has 3 aromatic carbocycles. The van der Waals surface area contributed by atoms with Crippen LogP contribution < -0.4 is 16.0 Å². The fourth-order valence-corrected chi connectivity index (χ4v) is 5.42. The molecule has 5 aromatic rings. The molecule has 0 saturated carbocycles. The van der Waals surface area contributed by atoms with Gasteiger partial charge in [-0.3, -0.25) is 19.4 Å². The summed E-state index contributed by atoms with van der Waals surface area (Å²) in [6.45, 7) is 2.03. The number of amides is 3. The van der Waals surface area contributed by atoms with Gasteiger partial charge in [-0.1, -0.05) is 60.2 Å². The van der Waals surface area contributed by atoms with E-state index in [9.17, 15) is 14.4 Å². The Hall–Kier alpha value is -5.06. The van der Waals surface area contributed by atoms with Gasteiger partial charge in [0.1, 0.15) is 5.70 Å². The minimum Gasteiger partial charge on any atom is -0.321 e. The Morgan fingerprint density at radius 2 is 1.72 bits per heavy atom. The summed E-state index contributed by atoms with van der Waals surface area (Å²) in [7, 11) is 0. The summed E-state index contributed by atoms with van der Waals surface area (Å²) in [5.41, 5.74) is 4.64. The highest BCUT2D eigenvalue weighted by Crippen LogP contribution is 2.26. The largest absolute Gasteiger partial charge is 0.321 e. The van der Waals surface area contributed by atoms with Gasteiger partial charge in [0.25, 0.3) is 11.8 Å². The van der Waals surface area contributed by atoms with Crippen LogP contribution >= 0.6 is 23.1 Å². The first-order valence-corrected chi connectivity index (χ1v) is 15.1. The number of pyridine rings is 1. The third-order valence-electron chi connectivity index (χ3n) is 6.08. The SMILES string of the molecule is Cc1ccc(-c2csc(NC(=O)CSc3cccc(NC(=O)/C(=C/c4cccnc4)NC(=O)c4ccccc4)c3)n2)cc1. The summed E-state index contributed by atoms with van der Waals surface area (Å²) in [5, 5.41) is 10.9. The highest BCUT2D eigenvalue weighted by atomic mass is 32.2. The molecule has 2 aromatic heterocycles. The molecular weight excluding hydrogens is 579 g/mol. The lowest BCUT2D eigenvalue weighted by Gasteiger charge is -2.12. The summed E-state index contributed by atoms with van der Waals surface area (Å²) in [6, 6.07) is 27.4. The van der Waals surface area contributed by atoms with E-state index >= 15 is 0 Å². The number of hydrogen-bond donors (Lipinski definition) is 3. The van der Waals surface area contributed by atoms with Gasteiger partial charge in [-0.25, -0.2) is 4.98 Å². The Balaban J connectivity index is 1.21. The van der Waals surface area contributed by atoms with E-state index in [0.717, 1.165) is 16.2 Å². The second-order valence-electron chi connectivity index (χ2n) is 9.39. The van der Waals surface area contributed by atoms with E-state index in [1.54, 1.807) is 73.1 Å². The maximum Gasteiger partial charge on any atom is 0.272 e. The van der Waals surface area contributed by atoms with Crippen molar-refractivity contribution in [3.8, 4) is 11.3 Å². The first-order valence-electron chi connectivity index (χ1n) is 13.3. The molecule has 0 atom stereocenters. The van der Waals surface area contributed by atoms with E-state index in [0.29, 0.717) is 21.9 Å². The predicted molar refractivity (Wildman–Crippen MR) is 173 cm³/mol. The molecule has 10 heteroatoms. The third-order valence-corrected chi connectivity index (χ3v) is 7.84. The second-order valence-corrected chi connectivity index (χ2v) is 11.3. The fourth-order valence-electron chi connectivity index (χ4n) is 3.92. The standard InChI is InChI=1S/C33H27N5O3S2/c1-22-12-14-24(15-13-22)29-20-43-33(37-29)38-30(39)21-42-27-11-5-10-26(18-27)35-32(41)28(17-23-7-6-16-34-19-23)36-31(40)25-8-3-2-4-9-25/h2-20H,21H2,1H3,(H,35,41)(H,36,40)(H,37,38,39)/b28-17-. The number of benzene rings is 3. The van der Waals surface area contributed by atoms with E-state index < -0.39 is 11.8 Å². The summed E-state index contributed by atoms with van der Waals surface area (Å²) >= 11 is 2.71. The zero-order valence-electron chi connectivity index (χ0n) is 23.1. The molecule has 214 valence electrons. The van der Waals surface area contributed by atoms with Gasteiger partial charge in [0.2, 0.25) is 5.91 Å². The van der Waals surface area contributed by atoms with Crippen LogP contribution in [0.4, 0.5) is 10.8 Å². The Kier molecular flexibility index (Phi) is 9.73. The van der Waals surface area contributed by atoms with Crippen molar-refractivity contribution in [3.63, 3.8) is 0 Å². The monoisotopic (exact) mass is 605 g/mol. The lowest BCUT2D eigenvalue weighted by atomic mass is 10.1. The predicted octanol–water partition coefficient (Wildman–Crippen LogP) is 6.65. The van der Waals surface area contributed by atoms with Crippen LogP contribution in [0.1, 0.15) is 21.5 Å². The minimum atomic E-state index is -0.499. The zero-order valence-corrected chi connectivity index (χ0v) is 24.7. The Morgan fingerprint density at radius 3 is 2.49 bits per heavy atom. The van der Waals surface area contributed by atoms with Gasteiger partial charge in [0, 0.05) is 39.5 Å². The van der Waals surface area contributed by atoms with Crippen molar-refractivity contribution >= 4 is 57.7 Å². The molecule has 0 fully saturated rings. The molecule has 0 bridgehead atoms. The van der Waals surface area contributed by atoms with Crippen LogP contribution in [0.3, 0.4) is 0 Å². The zero-order chi connectivity index (χ0) is 30.0. The summed E-state index contributed by atoms with van der Waals surface area (Å²) in [4.78, 5) is 48.2. The smallest absolute Gasteiger partial charge is 0.272 e. The van der Waals surface area contributed by atoms with Crippen LogP contribution in [0.2, 0.25) is 0 Å². The van der Waals surface area contributed by atoms with E-state index in [-0.39, 0.29) is 17.4 Å².